The van der Waals surface area contributed by atoms with Gasteiger partial charge in [0.15, 0.2) is 0 Å². The van der Waals surface area contributed by atoms with Crippen LogP contribution in [0.25, 0.3) is 22.3 Å². The van der Waals surface area contributed by atoms with Crippen molar-refractivity contribution in [3.63, 3.8) is 0 Å². The van der Waals surface area contributed by atoms with Crippen LogP contribution in [0.4, 0.5) is 5.69 Å². The van der Waals surface area contributed by atoms with Gasteiger partial charge in [0, 0.05) is 5.69 Å². The molecule has 4 rings (SSSR count). The molecular formula is C19H21N3. The molecule has 0 unspecified atom stereocenters. The SMILES string of the molecule is N.N.Nc1ccc(-c2cccc3c2Cc2ccccc2-3)cc1. The standard InChI is InChI=1S/C19H15N.2H3N/c20-15-10-8-13(9-11-15)16-6-3-7-18-17-5-2-1-4-14(17)12-19(16)18;;/h1-11H,12,20H2;2*1H3. The number of nitrogen functional groups attached to an aromatic ring is 1. The van der Waals surface area contributed by atoms with Crippen LogP contribution in [0.2, 0.25) is 0 Å². The average Bonchev–Trinajstić information content (AvgIpc) is 2.87. The molecule has 3 aromatic carbocycles. The van der Waals surface area contributed by atoms with Crippen molar-refractivity contribution in [1.29, 1.82) is 0 Å². The molecule has 0 heterocycles. The minimum atomic E-state index is 0. The minimum Gasteiger partial charge on any atom is -0.399 e. The molecule has 3 nitrogen and oxygen atoms in total. The minimum absolute atomic E-state index is 0. The summed E-state index contributed by atoms with van der Waals surface area (Å²) in [5.74, 6) is 0. The van der Waals surface area contributed by atoms with Gasteiger partial charge >= 0.3 is 0 Å². The van der Waals surface area contributed by atoms with E-state index in [9.17, 15) is 0 Å². The van der Waals surface area contributed by atoms with Crippen LogP contribution < -0.4 is 18.0 Å². The molecule has 8 N–H and O–H groups in total. The maximum Gasteiger partial charge on any atom is 0.0314 e. The highest BCUT2D eigenvalue weighted by Gasteiger charge is 2.20. The van der Waals surface area contributed by atoms with Gasteiger partial charge in [-0.05, 0) is 51.9 Å². The van der Waals surface area contributed by atoms with Crippen molar-refractivity contribution in [2.24, 2.45) is 0 Å². The van der Waals surface area contributed by atoms with Gasteiger partial charge in [-0.1, -0.05) is 54.6 Å². The van der Waals surface area contributed by atoms with E-state index in [1.165, 1.54) is 33.4 Å². The molecule has 1 aliphatic rings. The number of hydrogen-bond donors (Lipinski definition) is 3. The summed E-state index contributed by atoms with van der Waals surface area (Å²) in [4.78, 5) is 0. The molecule has 3 heteroatoms. The smallest absolute Gasteiger partial charge is 0.0314 e. The van der Waals surface area contributed by atoms with E-state index in [2.05, 4.69) is 54.6 Å². The Balaban J connectivity index is 0.000000882. The highest BCUT2D eigenvalue weighted by Crippen LogP contribution is 2.41. The highest BCUT2D eigenvalue weighted by atomic mass is 14.5. The lowest BCUT2D eigenvalue weighted by Gasteiger charge is -2.09. The lowest BCUT2D eigenvalue weighted by Crippen LogP contribution is -1.89. The van der Waals surface area contributed by atoms with Gasteiger partial charge in [-0.25, -0.2) is 0 Å². The summed E-state index contributed by atoms with van der Waals surface area (Å²) in [5.41, 5.74) is 14.8. The van der Waals surface area contributed by atoms with Crippen molar-refractivity contribution in [2.45, 2.75) is 6.42 Å². The van der Waals surface area contributed by atoms with Crippen LogP contribution in [-0.4, -0.2) is 0 Å². The van der Waals surface area contributed by atoms with E-state index in [0.29, 0.717) is 0 Å². The molecule has 0 saturated heterocycles. The summed E-state index contributed by atoms with van der Waals surface area (Å²) in [7, 11) is 0. The van der Waals surface area contributed by atoms with E-state index in [1.54, 1.807) is 0 Å². The summed E-state index contributed by atoms with van der Waals surface area (Å²) >= 11 is 0. The van der Waals surface area contributed by atoms with Crippen LogP contribution in [0.3, 0.4) is 0 Å². The largest absolute Gasteiger partial charge is 0.399 e. The van der Waals surface area contributed by atoms with Crippen molar-refractivity contribution in [3.8, 4) is 22.3 Å². The second-order valence-corrected chi connectivity index (χ2v) is 5.29. The lowest BCUT2D eigenvalue weighted by molar-refractivity contribution is 1.26. The highest BCUT2D eigenvalue weighted by molar-refractivity contribution is 5.84. The summed E-state index contributed by atoms with van der Waals surface area (Å²) in [6, 6.07) is 23.4. The summed E-state index contributed by atoms with van der Waals surface area (Å²) in [6.07, 6.45) is 1.02. The third kappa shape index (κ3) is 2.37. The maximum absolute atomic E-state index is 5.79. The predicted molar refractivity (Wildman–Crippen MR) is 94.6 cm³/mol. The molecular weight excluding hydrogens is 270 g/mol. The quantitative estimate of drug-likeness (QED) is 0.438. The van der Waals surface area contributed by atoms with Crippen molar-refractivity contribution in [2.75, 3.05) is 5.73 Å². The van der Waals surface area contributed by atoms with Crippen molar-refractivity contribution < 1.29 is 0 Å². The van der Waals surface area contributed by atoms with Gasteiger partial charge in [-0.3, -0.25) is 0 Å². The van der Waals surface area contributed by atoms with Crippen molar-refractivity contribution in [3.05, 3.63) is 77.9 Å². The first-order valence-corrected chi connectivity index (χ1v) is 6.89. The first-order chi connectivity index (χ1) is 9.83. The number of benzene rings is 3. The van der Waals surface area contributed by atoms with Gasteiger partial charge in [0.1, 0.15) is 0 Å². The van der Waals surface area contributed by atoms with E-state index in [4.69, 9.17) is 5.73 Å². The van der Waals surface area contributed by atoms with Crippen LogP contribution in [0.15, 0.2) is 66.7 Å². The van der Waals surface area contributed by atoms with Crippen LogP contribution in [-0.2, 0) is 6.42 Å². The lowest BCUT2D eigenvalue weighted by atomic mass is 9.96. The molecule has 0 amide bonds. The zero-order valence-corrected chi connectivity index (χ0v) is 12.5. The molecule has 1 aliphatic carbocycles. The maximum atomic E-state index is 5.79. The average molecular weight is 291 g/mol. The van der Waals surface area contributed by atoms with Crippen molar-refractivity contribution in [1.82, 2.24) is 12.3 Å². The molecule has 0 aliphatic heterocycles. The zero-order chi connectivity index (χ0) is 13.5. The predicted octanol–water partition coefficient (Wildman–Crippen LogP) is 4.83. The fraction of sp³-hybridized carbons (Fsp3) is 0.0526. The monoisotopic (exact) mass is 291 g/mol. The molecule has 0 radical (unpaired) electrons. The van der Waals surface area contributed by atoms with Gasteiger partial charge in [0.25, 0.3) is 0 Å². The molecule has 0 fully saturated rings. The Kier molecular flexibility index (Phi) is 4.31. The Morgan fingerprint density at radius 3 is 2.05 bits per heavy atom. The summed E-state index contributed by atoms with van der Waals surface area (Å²) in [6.45, 7) is 0. The molecule has 0 atom stereocenters. The first kappa shape index (κ1) is 15.8. The normalized spacial score (nSPS) is 10.9. The van der Waals surface area contributed by atoms with E-state index < -0.39 is 0 Å². The van der Waals surface area contributed by atoms with Crippen LogP contribution >= 0.6 is 0 Å². The molecule has 3 aromatic rings. The van der Waals surface area contributed by atoms with Crippen LogP contribution in [0, 0.1) is 0 Å². The van der Waals surface area contributed by atoms with E-state index >= 15 is 0 Å². The van der Waals surface area contributed by atoms with Crippen molar-refractivity contribution >= 4 is 5.69 Å². The Labute approximate surface area is 131 Å². The third-order valence-electron chi connectivity index (χ3n) is 4.07. The molecule has 0 bridgehead atoms. The summed E-state index contributed by atoms with van der Waals surface area (Å²) in [5, 5.41) is 0. The Morgan fingerprint density at radius 2 is 1.27 bits per heavy atom. The molecule has 0 saturated carbocycles. The van der Waals surface area contributed by atoms with E-state index in [1.807, 2.05) is 12.1 Å². The molecule has 0 spiro atoms. The van der Waals surface area contributed by atoms with Gasteiger partial charge in [-0.15, -0.1) is 0 Å². The Hall–Kier alpha value is -2.62. The Bertz CT molecular complexity index is 792. The van der Waals surface area contributed by atoms with Gasteiger partial charge < -0.3 is 18.0 Å². The van der Waals surface area contributed by atoms with E-state index in [-0.39, 0.29) is 12.3 Å². The molecule has 0 aromatic heterocycles. The van der Waals surface area contributed by atoms with Crippen LogP contribution in [0.1, 0.15) is 11.1 Å². The zero-order valence-electron chi connectivity index (χ0n) is 12.5. The number of hydrogen-bond acceptors (Lipinski definition) is 3. The molecule has 22 heavy (non-hydrogen) atoms. The van der Waals surface area contributed by atoms with Gasteiger partial charge in [-0.2, -0.15) is 0 Å². The number of anilines is 1. The topological polar surface area (TPSA) is 96.0 Å². The second kappa shape index (κ2) is 6.02. The van der Waals surface area contributed by atoms with Gasteiger partial charge in [0.05, 0.1) is 0 Å². The number of nitrogens with two attached hydrogens (primary N) is 1. The Morgan fingerprint density at radius 1 is 0.636 bits per heavy atom. The van der Waals surface area contributed by atoms with Crippen LogP contribution in [0.5, 0.6) is 0 Å². The number of fused-ring (bicyclic) bond motifs is 3. The van der Waals surface area contributed by atoms with Gasteiger partial charge in [0.2, 0.25) is 0 Å². The van der Waals surface area contributed by atoms with E-state index in [0.717, 1.165) is 12.1 Å². The summed E-state index contributed by atoms with van der Waals surface area (Å²) < 4.78 is 0. The first-order valence-electron chi connectivity index (χ1n) is 6.89. The fourth-order valence-corrected chi connectivity index (χ4v) is 3.09. The molecule has 112 valence electrons. The third-order valence-corrected chi connectivity index (χ3v) is 4.07. The number of rotatable bonds is 1. The second-order valence-electron chi connectivity index (χ2n) is 5.29. The fourth-order valence-electron chi connectivity index (χ4n) is 3.09.